The van der Waals surface area contributed by atoms with Gasteiger partial charge in [-0.05, 0) is 77.8 Å². The lowest BCUT2D eigenvalue weighted by atomic mass is 9.92. The second kappa shape index (κ2) is 26.2. The van der Waals surface area contributed by atoms with Crippen LogP contribution in [0.15, 0.2) is 116 Å². The van der Waals surface area contributed by atoms with E-state index in [1.54, 1.807) is 7.11 Å². The highest BCUT2D eigenvalue weighted by Crippen LogP contribution is 2.45. The van der Waals surface area contributed by atoms with Crippen molar-refractivity contribution in [1.29, 1.82) is 0 Å². The molecule has 0 saturated heterocycles. The van der Waals surface area contributed by atoms with Gasteiger partial charge in [0.15, 0.2) is 6.61 Å². The minimum atomic E-state index is -1.10. The van der Waals surface area contributed by atoms with Gasteiger partial charge in [0, 0.05) is 11.1 Å². The topological polar surface area (TPSA) is 226 Å². The maximum Gasteiger partial charge on any atom is 0.338 e. The number of hydrogen-bond donors (Lipinski definition) is 7. The average Bonchev–Trinajstić information content (AvgIpc) is 3.27. The molecule has 16 heteroatoms. The first-order valence-electron chi connectivity index (χ1n) is 20.5. The molecular weight excluding hydrogens is 845 g/mol. The monoisotopic (exact) mass is 901 g/mol. The second-order valence-corrected chi connectivity index (χ2v) is 14.5. The molecule has 63 heavy (non-hydrogen) atoms. The van der Waals surface area contributed by atoms with Crippen molar-refractivity contribution >= 4 is 51.2 Å². The molecule has 0 heterocycles. The average molecular weight is 903 g/mol. The third-order valence-electron chi connectivity index (χ3n) is 10.1. The van der Waals surface area contributed by atoms with Crippen LogP contribution in [0.4, 0.5) is 0 Å². The van der Waals surface area contributed by atoms with Crippen LogP contribution in [0.1, 0.15) is 44.1 Å². The number of nitrogens with one attached hydrogen (secondary N) is 4. The summed E-state index contributed by atoms with van der Waals surface area (Å²) in [4.78, 5) is 57.6. The molecule has 0 spiro atoms. The summed E-state index contributed by atoms with van der Waals surface area (Å²) in [6.45, 7) is 4.30. The van der Waals surface area contributed by atoms with Crippen LogP contribution in [0.3, 0.4) is 0 Å². The Kier molecular flexibility index (Phi) is 21.2. The number of carbonyl (C=O) groups excluding carboxylic acids is 4. The molecule has 0 aliphatic heterocycles. The SMILES string of the molecule is C=CC[C@H](NC(=O)[C@@H](CCC[NH+]=C(N)N)NC(=O)[C@@H](CCCC[NH3+])NC(=O)COc1ccc2ccccc2c1-c1c(OC)ccc2ccccc12)C(=O)OCc1ccccc1.[Cl-].[Cl-]. The van der Waals surface area contributed by atoms with Gasteiger partial charge in [0.2, 0.25) is 11.8 Å². The summed E-state index contributed by atoms with van der Waals surface area (Å²) in [5.41, 5.74) is 17.4. The van der Waals surface area contributed by atoms with Gasteiger partial charge in [-0.2, -0.15) is 0 Å². The molecule has 5 aromatic rings. The van der Waals surface area contributed by atoms with Crippen molar-refractivity contribution in [1.82, 2.24) is 16.0 Å². The largest absolute Gasteiger partial charge is 1.00 e. The maximum absolute atomic E-state index is 14.0. The highest BCUT2D eigenvalue weighted by Gasteiger charge is 2.30. The molecule has 5 aromatic carbocycles. The van der Waals surface area contributed by atoms with Gasteiger partial charge in [0.25, 0.3) is 5.91 Å². The number of guanidine groups is 1. The third-order valence-corrected chi connectivity index (χ3v) is 10.1. The number of unbranched alkanes of at least 4 members (excludes halogenated alkanes) is 1. The van der Waals surface area contributed by atoms with Gasteiger partial charge in [0.05, 0.1) is 20.2 Å². The maximum atomic E-state index is 14.0. The van der Waals surface area contributed by atoms with Crippen LogP contribution in [-0.4, -0.2) is 74.6 Å². The lowest BCUT2D eigenvalue weighted by molar-refractivity contribution is -0.459. The molecule has 5 rings (SSSR count). The summed E-state index contributed by atoms with van der Waals surface area (Å²) >= 11 is 0. The number of methoxy groups -OCH3 is 1. The molecular formula is C47H57Cl2N7O7. The molecule has 14 nitrogen and oxygen atoms in total. The Morgan fingerprint density at radius 1 is 0.714 bits per heavy atom. The summed E-state index contributed by atoms with van der Waals surface area (Å²) < 4.78 is 17.7. The molecule has 0 aromatic heterocycles. The summed E-state index contributed by atoms with van der Waals surface area (Å²) in [5, 5.41) is 12.2. The number of rotatable bonds is 23. The standard InChI is InChI=1S/C47H55N7O7.2ClH/c1-3-14-38(46(58)61-29-31-15-5-4-6-16-31)54-45(57)37(22-13-28-51-47(49)50)53-44(56)36(21-11-12-27-48)52-41(55)30-60-40-26-24-33-18-8-10-20-35(33)43(40)42-34-19-9-7-17-32(34)23-25-39(42)59-2;;/h3-10,15-20,23-26,36-38H,1,11-14,21-22,27-30,48H2,2H3,(H,52,55)(H,53,56)(H,54,57)(H4,49,50,51);2*1H/t36-,37-,38+;;/m1../s1. The highest BCUT2D eigenvalue weighted by atomic mass is 35.5. The zero-order valence-electron chi connectivity index (χ0n) is 35.4. The zero-order chi connectivity index (χ0) is 43.6. The van der Waals surface area contributed by atoms with E-state index in [9.17, 15) is 19.2 Å². The van der Waals surface area contributed by atoms with E-state index in [0.717, 1.165) is 38.2 Å². The van der Waals surface area contributed by atoms with Gasteiger partial charge >= 0.3 is 11.9 Å². The predicted molar refractivity (Wildman–Crippen MR) is 236 cm³/mol. The fourth-order valence-corrected chi connectivity index (χ4v) is 7.04. The van der Waals surface area contributed by atoms with Gasteiger partial charge in [0.1, 0.15) is 36.2 Å². The van der Waals surface area contributed by atoms with Crippen molar-refractivity contribution in [3.63, 3.8) is 0 Å². The number of nitrogens with two attached hydrogens (primary N) is 2. The molecule has 0 saturated carbocycles. The van der Waals surface area contributed by atoms with E-state index in [2.05, 4.69) is 33.3 Å². The predicted octanol–water partition coefficient (Wildman–Crippen LogP) is -3.62. The van der Waals surface area contributed by atoms with E-state index in [0.29, 0.717) is 43.9 Å². The van der Waals surface area contributed by atoms with Gasteiger partial charge in [-0.25, -0.2) is 4.79 Å². The summed E-state index contributed by atoms with van der Waals surface area (Å²) in [6, 6.07) is 29.6. The molecule has 336 valence electrons. The van der Waals surface area contributed by atoms with Gasteiger partial charge in [-0.1, -0.05) is 97.1 Å². The first kappa shape index (κ1) is 51.0. The summed E-state index contributed by atoms with van der Waals surface area (Å²) in [7, 11) is 1.62. The molecule has 0 bridgehead atoms. The van der Waals surface area contributed by atoms with E-state index in [1.807, 2.05) is 103 Å². The van der Waals surface area contributed by atoms with E-state index >= 15 is 0 Å². The van der Waals surface area contributed by atoms with Crippen molar-refractivity contribution in [3.05, 3.63) is 121 Å². The van der Waals surface area contributed by atoms with Crippen LogP contribution < -0.4 is 72.4 Å². The Morgan fingerprint density at radius 2 is 1.27 bits per heavy atom. The smallest absolute Gasteiger partial charge is 0.338 e. The molecule has 0 aliphatic rings. The summed E-state index contributed by atoms with van der Waals surface area (Å²) in [5.74, 6) is -1.26. The minimum absolute atomic E-state index is 0. The van der Waals surface area contributed by atoms with Crippen molar-refractivity contribution in [2.45, 2.75) is 63.3 Å². The Morgan fingerprint density at radius 3 is 1.87 bits per heavy atom. The molecule has 3 atom stereocenters. The first-order chi connectivity index (χ1) is 29.6. The molecule has 0 aliphatic carbocycles. The number of ether oxygens (including phenoxy) is 3. The van der Waals surface area contributed by atoms with Crippen LogP contribution >= 0.6 is 0 Å². The lowest BCUT2D eigenvalue weighted by Gasteiger charge is -2.25. The van der Waals surface area contributed by atoms with Crippen LogP contribution in [0, 0.1) is 0 Å². The summed E-state index contributed by atoms with van der Waals surface area (Å²) in [6.07, 6.45) is 3.70. The number of quaternary nitrogens is 1. The van der Waals surface area contributed by atoms with Gasteiger partial charge < -0.3 is 60.7 Å². The first-order valence-corrected chi connectivity index (χ1v) is 20.5. The number of halogens is 2. The van der Waals surface area contributed by atoms with E-state index < -0.39 is 48.4 Å². The quantitative estimate of drug-likeness (QED) is 0.0113. The molecule has 0 fully saturated rings. The number of hydrogen-bond acceptors (Lipinski definition) is 7. The third kappa shape index (κ3) is 14.6. The molecule has 0 unspecified atom stereocenters. The number of benzene rings is 5. The highest BCUT2D eigenvalue weighted by molar-refractivity contribution is 6.10. The van der Waals surface area contributed by atoms with Gasteiger partial charge in [-0.3, -0.25) is 30.8 Å². The van der Waals surface area contributed by atoms with Crippen molar-refractivity contribution in [2.75, 3.05) is 26.8 Å². The number of esters is 1. The van der Waals surface area contributed by atoms with Crippen molar-refractivity contribution in [3.8, 4) is 22.6 Å². The fraction of sp³-hybridized carbons (Fsp3) is 0.298. The number of carbonyl (C=O) groups is 4. The number of amides is 3. The Bertz CT molecular complexity index is 2330. The Labute approximate surface area is 380 Å². The fourth-order valence-electron chi connectivity index (χ4n) is 7.04. The minimum Gasteiger partial charge on any atom is -1.00 e. The Balaban J connectivity index is 0.00000528. The molecule has 11 N–H and O–H groups in total. The van der Waals surface area contributed by atoms with Gasteiger partial charge in [-0.15, -0.1) is 6.58 Å². The van der Waals surface area contributed by atoms with Crippen LogP contribution in [-0.2, 0) is 30.5 Å². The van der Waals surface area contributed by atoms with Crippen LogP contribution in [0.2, 0.25) is 0 Å². The molecule has 0 radical (unpaired) electrons. The number of fused-ring (bicyclic) bond motifs is 2. The van der Waals surface area contributed by atoms with Crippen molar-refractivity contribution in [2.24, 2.45) is 11.5 Å². The van der Waals surface area contributed by atoms with Crippen molar-refractivity contribution < 1.29 is 68.9 Å². The zero-order valence-corrected chi connectivity index (χ0v) is 36.9. The van der Waals surface area contributed by atoms with Crippen LogP contribution in [0.5, 0.6) is 11.5 Å². The van der Waals surface area contributed by atoms with E-state index in [4.69, 9.17) is 25.7 Å². The van der Waals surface area contributed by atoms with E-state index in [-0.39, 0.29) is 56.6 Å². The molecule has 3 amide bonds. The Hall–Kier alpha value is -6.35. The van der Waals surface area contributed by atoms with E-state index in [1.165, 1.54) is 6.08 Å². The van der Waals surface area contributed by atoms with Crippen LogP contribution in [0.25, 0.3) is 32.7 Å². The second-order valence-electron chi connectivity index (χ2n) is 14.5. The normalized spacial score (nSPS) is 12.0. The lowest BCUT2D eigenvalue weighted by Crippen LogP contribution is -3.00.